The number of benzene rings is 1. The fourth-order valence-electron chi connectivity index (χ4n) is 1.83. The van der Waals surface area contributed by atoms with E-state index in [-0.39, 0.29) is 0 Å². The van der Waals surface area contributed by atoms with Crippen LogP contribution in [0.4, 0.5) is 4.79 Å². The maximum absolute atomic E-state index is 12.0. The van der Waals surface area contributed by atoms with Gasteiger partial charge in [-0.25, -0.2) is 9.59 Å². The molecule has 0 saturated carbocycles. The van der Waals surface area contributed by atoms with Crippen molar-refractivity contribution in [3.63, 3.8) is 0 Å². The number of carbonyl (C=O) groups excluding carboxylic acids is 2. The minimum absolute atomic E-state index is 0.393. The maximum atomic E-state index is 12.0. The standard InChI is InChI=1S/C17H25NO4/c1-6-18(7-2)17(20)22-14(5)13(4)21-16(19)15-10-8-12(3)9-11-15/h8-11,13-14H,6-7H2,1-5H3. The number of rotatable bonds is 6. The summed E-state index contributed by atoms with van der Waals surface area (Å²) in [5, 5.41) is 0. The van der Waals surface area contributed by atoms with Crippen LogP contribution in [0.5, 0.6) is 0 Å². The Morgan fingerprint density at radius 1 is 1.00 bits per heavy atom. The lowest BCUT2D eigenvalue weighted by Gasteiger charge is -2.25. The van der Waals surface area contributed by atoms with Crippen molar-refractivity contribution < 1.29 is 19.1 Å². The predicted octanol–water partition coefficient (Wildman–Crippen LogP) is 3.41. The van der Waals surface area contributed by atoms with E-state index in [0.717, 1.165) is 5.56 Å². The third-order valence-corrected chi connectivity index (χ3v) is 3.55. The molecule has 0 heterocycles. The Morgan fingerprint density at radius 3 is 2.00 bits per heavy atom. The highest BCUT2D eigenvalue weighted by Crippen LogP contribution is 2.11. The van der Waals surface area contributed by atoms with Gasteiger partial charge in [0.25, 0.3) is 0 Å². The van der Waals surface area contributed by atoms with Crippen molar-refractivity contribution in [2.75, 3.05) is 13.1 Å². The van der Waals surface area contributed by atoms with Gasteiger partial charge in [0.05, 0.1) is 5.56 Å². The van der Waals surface area contributed by atoms with Crippen molar-refractivity contribution >= 4 is 12.1 Å². The molecule has 5 heteroatoms. The average molecular weight is 307 g/mol. The molecule has 0 saturated heterocycles. The van der Waals surface area contributed by atoms with Gasteiger partial charge >= 0.3 is 12.1 Å². The number of nitrogens with zero attached hydrogens (tertiary/aromatic N) is 1. The lowest BCUT2D eigenvalue weighted by molar-refractivity contribution is -0.0196. The molecular formula is C17H25NO4. The number of amides is 1. The normalized spacial score (nSPS) is 13.1. The van der Waals surface area contributed by atoms with Crippen LogP contribution in [0.2, 0.25) is 0 Å². The molecule has 0 radical (unpaired) electrons. The number of aryl methyl sites for hydroxylation is 1. The molecule has 122 valence electrons. The second-order valence-electron chi connectivity index (χ2n) is 5.24. The zero-order valence-electron chi connectivity index (χ0n) is 14.0. The van der Waals surface area contributed by atoms with E-state index in [2.05, 4.69) is 0 Å². The molecule has 5 nitrogen and oxygen atoms in total. The second kappa shape index (κ2) is 8.41. The summed E-state index contributed by atoms with van der Waals surface area (Å²) in [6.45, 7) is 10.3. The van der Waals surface area contributed by atoms with Gasteiger partial charge in [-0.2, -0.15) is 0 Å². The Balaban J connectivity index is 2.56. The van der Waals surface area contributed by atoms with Gasteiger partial charge in [-0.15, -0.1) is 0 Å². The molecule has 1 amide bonds. The zero-order chi connectivity index (χ0) is 16.7. The fraction of sp³-hybridized carbons (Fsp3) is 0.529. The molecule has 0 fully saturated rings. The van der Waals surface area contributed by atoms with Crippen molar-refractivity contribution in [2.24, 2.45) is 0 Å². The highest BCUT2D eigenvalue weighted by Gasteiger charge is 2.23. The molecule has 0 N–H and O–H groups in total. The first-order chi connectivity index (χ1) is 10.4. The number of esters is 1. The van der Waals surface area contributed by atoms with Gasteiger partial charge in [0.2, 0.25) is 0 Å². The molecule has 0 aromatic heterocycles. The summed E-state index contributed by atoms with van der Waals surface area (Å²) < 4.78 is 10.7. The van der Waals surface area contributed by atoms with Crippen molar-refractivity contribution in [2.45, 2.75) is 46.8 Å². The monoisotopic (exact) mass is 307 g/mol. The summed E-state index contributed by atoms with van der Waals surface area (Å²) in [5.74, 6) is -0.418. The van der Waals surface area contributed by atoms with Gasteiger partial charge in [0, 0.05) is 13.1 Å². The van der Waals surface area contributed by atoms with Crippen LogP contribution in [0.3, 0.4) is 0 Å². The van der Waals surface area contributed by atoms with Gasteiger partial charge in [-0.1, -0.05) is 17.7 Å². The van der Waals surface area contributed by atoms with Gasteiger partial charge in [-0.3, -0.25) is 0 Å². The van der Waals surface area contributed by atoms with Crippen LogP contribution in [-0.2, 0) is 9.47 Å². The molecule has 2 unspecified atom stereocenters. The molecule has 0 bridgehead atoms. The van der Waals surface area contributed by atoms with E-state index in [0.29, 0.717) is 18.7 Å². The molecule has 0 aliphatic heterocycles. The van der Waals surface area contributed by atoms with Crippen molar-refractivity contribution in [1.29, 1.82) is 0 Å². The van der Waals surface area contributed by atoms with Crippen LogP contribution in [0.1, 0.15) is 43.6 Å². The van der Waals surface area contributed by atoms with Crippen molar-refractivity contribution in [1.82, 2.24) is 4.90 Å². The Morgan fingerprint density at radius 2 is 1.50 bits per heavy atom. The minimum atomic E-state index is -0.520. The maximum Gasteiger partial charge on any atom is 0.410 e. The first kappa shape index (κ1) is 18.0. The van der Waals surface area contributed by atoms with E-state index in [1.165, 1.54) is 0 Å². The molecule has 0 aliphatic carbocycles. The van der Waals surface area contributed by atoms with Gasteiger partial charge in [-0.05, 0) is 46.8 Å². The smallest absolute Gasteiger partial charge is 0.410 e. The lowest BCUT2D eigenvalue weighted by Crippen LogP contribution is -2.37. The number of hydrogen-bond acceptors (Lipinski definition) is 4. The molecule has 0 aliphatic rings. The highest BCUT2D eigenvalue weighted by molar-refractivity contribution is 5.89. The zero-order valence-corrected chi connectivity index (χ0v) is 14.0. The van der Waals surface area contributed by atoms with Crippen LogP contribution >= 0.6 is 0 Å². The van der Waals surface area contributed by atoms with E-state index in [4.69, 9.17) is 9.47 Å². The Kier molecular flexibility index (Phi) is 6.89. The molecule has 0 spiro atoms. The molecular weight excluding hydrogens is 282 g/mol. The molecule has 2 atom stereocenters. The summed E-state index contributed by atoms with van der Waals surface area (Å²) in [5.41, 5.74) is 1.56. The van der Waals surface area contributed by atoms with Crippen LogP contribution < -0.4 is 0 Å². The topological polar surface area (TPSA) is 55.8 Å². The van der Waals surface area contributed by atoms with Crippen LogP contribution in [-0.4, -0.2) is 42.3 Å². The number of carbonyl (C=O) groups is 2. The third-order valence-electron chi connectivity index (χ3n) is 3.55. The van der Waals surface area contributed by atoms with E-state index in [1.54, 1.807) is 30.9 Å². The minimum Gasteiger partial charge on any atom is -0.455 e. The second-order valence-corrected chi connectivity index (χ2v) is 5.24. The average Bonchev–Trinajstić information content (AvgIpc) is 2.48. The fourth-order valence-corrected chi connectivity index (χ4v) is 1.83. The van der Waals surface area contributed by atoms with Gasteiger partial charge in [0.1, 0.15) is 12.2 Å². The van der Waals surface area contributed by atoms with Crippen molar-refractivity contribution in [3.8, 4) is 0 Å². The quantitative estimate of drug-likeness (QED) is 0.756. The van der Waals surface area contributed by atoms with Crippen LogP contribution in [0.25, 0.3) is 0 Å². The molecule has 1 aromatic carbocycles. The van der Waals surface area contributed by atoms with E-state index >= 15 is 0 Å². The summed E-state index contributed by atoms with van der Waals surface area (Å²) in [7, 11) is 0. The van der Waals surface area contributed by atoms with Crippen LogP contribution in [0.15, 0.2) is 24.3 Å². The predicted molar refractivity (Wildman–Crippen MR) is 84.9 cm³/mol. The Hall–Kier alpha value is -2.04. The summed E-state index contributed by atoms with van der Waals surface area (Å²) in [6, 6.07) is 7.14. The molecule has 1 aromatic rings. The van der Waals surface area contributed by atoms with E-state index in [9.17, 15) is 9.59 Å². The van der Waals surface area contributed by atoms with Crippen LogP contribution in [0, 0.1) is 6.92 Å². The van der Waals surface area contributed by atoms with Crippen molar-refractivity contribution in [3.05, 3.63) is 35.4 Å². The highest BCUT2D eigenvalue weighted by atomic mass is 16.6. The van der Waals surface area contributed by atoms with Gasteiger partial charge < -0.3 is 14.4 Å². The first-order valence-corrected chi connectivity index (χ1v) is 7.62. The Labute approximate surface area is 132 Å². The summed E-state index contributed by atoms with van der Waals surface area (Å²) >= 11 is 0. The molecule has 1 rings (SSSR count). The summed E-state index contributed by atoms with van der Waals surface area (Å²) in [4.78, 5) is 25.5. The summed E-state index contributed by atoms with van der Waals surface area (Å²) in [6.07, 6.45) is -1.42. The largest absolute Gasteiger partial charge is 0.455 e. The van der Waals surface area contributed by atoms with E-state index in [1.807, 2.05) is 32.9 Å². The third kappa shape index (κ3) is 5.06. The number of hydrogen-bond donors (Lipinski definition) is 0. The Bertz CT molecular complexity index is 494. The first-order valence-electron chi connectivity index (χ1n) is 7.62. The molecule has 22 heavy (non-hydrogen) atoms. The number of ether oxygens (including phenoxy) is 2. The SMILES string of the molecule is CCN(CC)C(=O)OC(C)C(C)OC(=O)c1ccc(C)cc1. The van der Waals surface area contributed by atoms with Gasteiger partial charge in [0.15, 0.2) is 0 Å². The lowest BCUT2D eigenvalue weighted by atomic mass is 10.1. The van der Waals surface area contributed by atoms with E-state index < -0.39 is 24.3 Å².